The second-order valence-electron chi connectivity index (χ2n) is 17.7. The van der Waals surface area contributed by atoms with E-state index in [-0.39, 0.29) is 37.0 Å². The molecule has 0 radical (unpaired) electrons. The molecule has 9 unspecified atom stereocenters. The summed E-state index contributed by atoms with van der Waals surface area (Å²) in [6.07, 6.45) is 10.6. The zero-order valence-corrected chi connectivity index (χ0v) is 31.5. The van der Waals surface area contributed by atoms with Gasteiger partial charge in [-0.2, -0.15) is 0 Å². The highest BCUT2D eigenvalue weighted by Crippen LogP contribution is 2.61. The number of carbonyl (C=O) groups excluding carboxylic acids is 3. The van der Waals surface area contributed by atoms with Crippen LogP contribution in [0.1, 0.15) is 108 Å². The minimum absolute atomic E-state index is 0.00944. The summed E-state index contributed by atoms with van der Waals surface area (Å²) < 4.78 is 25.9. The minimum Gasteiger partial charge on any atom is -0.456 e. The van der Waals surface area contributed by atoms with Crippen LogP contribution in [0.15, 0.2) is 41.5 Å². The maximum Gasteiger partial charge on any atom is 0.338 e. The van der Waals surface area contributed by atoms with Crippen LogP contribution in [0.25, 0.3) is 6.08 Å². The number of fused-ring (bicyclic) bond motifs is 3. The van der Waals surface area contributed by atoms with Gasteiger partial charge in [-0.25, -0.2) is 4.79 Å². The summed E-state index contributed by atoms with van der Waals surface area (Å²) >= 11 is 0. The Balaban J connectivity index is 1.02. The van der Waals surface area contributed by atoms with Crippen molar-refractivity contribution in [2.45, 2.75) is 140 Å². The first kappa shape index (κ1) is 36.9. The van der Waals surface area contributed by atoms with Gasteiger partial charge in [0.05, 0.1) is 30.0 Å². The molecule has 11 heteroatoms. The first-order valence-electron chi connectivity index (χ1n) is 19.9. The van der Waals surface area contributed by atoms with Crippen LogP contribution in [0.2, 0.25) is 0 Å². The summed E-state index contributed by atoms with van der Waals surface area (Å²) in [6, 6.07) is 6.34. The number of hydrogen-bond acceptors (Lipinski definition) is 9. The molecule has 4 saturated carbocycles. The molecule has 2 aliphatic heterocycles. The van der Waals surface area contributed by atoms with E-state index in [9.17, 15) is 19.5 Å². The maximum atomic E-state index is 14.0. The van der Waals surface area contributed by atoms with Crippen molar-refractivity contribution in [2.24, 2.45) is 29.1 Å². The average Bonchev–Trinajstić information content (AvgIpc) is 4.03. The molecule has 1 aromatic rings. The van der Waals surface area contributed by atoms with Gasteiger partial charge in [-0.15, -0.1) is 0 Å². The Bertz CT molecular complexity index is 1670. The molecule has 2 amide bonds. The molecule has 2 saturated heterocycles. The van der Waals surface area contributed by atoms with Gasteiger partial charge < -0.3 is 39.8 Å². The van der Waals surface area contributed by atoms with Gasteiger partial charge in [0.25, 0.3) is 0 Å². The van der Waals surface area contributed by atoms with Gasteiger partial charge >= 0.3 is 5.97 Å². The highest BCUT2D eigenvalue weighted by molar-refractivity contribution is 5.97. The number of hydrogen-bond donors (Lipinski definition) is 4. The van der Waals surface area contributed by atoms with E-state index in [1.165, 1.54) is 12.5 Å². The van der Waals surface area contributed by atoms with Crippen molar-refractivity contribution in [1.82, 2.24) is 10.6 Å². The smallest absolute Gasteiger partial charge is 0.338 e. The van der Waals surface area contributed by atoms with Crippen LogP contribution in [0.3, 0.4) is 0 Å². The molecule has 5 aliphatic carbocycles. The van der Waals surface area contributed by atoms with E-state index in [1.807, 2.05) is 18.2 Å². The number of esters is 1. The third-order valence-corrected chi connectivity index (χ3v) is 13.3. The Morgan fingerprint density at radius 2 is 1.79 bits per heavy atom. The third-order valence-electron chi connectivity index (χ3n) is 13.3. The lowest BCUT2D eigenvalue weighted by Crippen LogP contribution is -2.54. The lowest BCUT2D eigenvalue weighted by atomic mass is 9.52. The highest BCUT2D eigenvalue weighted by atomic mass is 16.8. The predicted octanol–water partition coefficient (Wildman–Crippen LogP) is 4.59. The van der Waals surface area contributed by atoms with Crippen LogP contribution in [-0.4, -0.2) is 89.1 Å². The Kier molecular flexibility index (Phi) is 9.66. The van der Waals surface area contributed by atoms with Crippen LogP contribution in [-0.2, 0) is 28.5 Å². The Labute approximate surface area is 312 Å². The standard InChI is InChI=1S/C42H56N2O9/c1-23(46)35(38(48)43-16-17-45)44-37(47)27-20-32(36-33(21-27)51-42(53-36,28-9-10-28)29-11-12-29)50-39(49)26-7-5-6-24(19-26)18-25-8-13-34-41(4,52-34)15-14-31-30(25)22-40(31,2)3/h5-7,18-19,21,23,28-36,45-46H,8-17,20,22H2,1-4H3,(H,43,48)(H,44,47). The number of rotatable bonds is 11. The SMILES string of the molecule is CC(O)C(NC(=O)C1=CC2OC(C3CC3)(C3CC3)OC2C(OC(=O)c2cccc(C=C3CCC4OC4(C)CCC4C3CC4(C)C)c2)C1)C(=O)NCCO. The van der Waals surface area contributed by atoms with Crippen molar-refractivity contribution in [3.8, 4) is 0 Å². The largest absolute Gasteiger partial charge is 0.456 e. The monoisotopic (exact) mass is 732 g/mol. The van der Waals surface area contributed by atoms with Crippen LogP contribution in [0, 0.1) is 29.1 Å². The molecule has 0 spiro atoms. The number of nitrogens with one attached hydrogen (secondary N) is 2. The van der Waals surface area contributed by atoms with Gasteiger partial charge in [-0.3, -0.25) is 9.59 Å². The van der Waals surface area contributed by atoms with Crippen molar-refractivity contribution in [3.05, 3.63) is 52.6 Å². The molecule has 2 heterocycles. The fourth-order valence-electron chi connectivity index (χ4n) is 9.88. The molecule has 11 nitrogen and oxygen atoms in total. The van der Waals surface area contributed by atoms with Crippen LogP contribution < -0.4 is 10.6 Å². The molecule has 6 fully saturated rings. The summed E-state index contributed by atoms with van der Waals surface area (Å²) in [5.41, 5.74) is 3.43. The summed E-state index contributed by atoms with van der Waals surface area (Å²) in [6.45, 7) is 8.15. The third kappa shape index (κ3) is 7.24. The second kappa shape index (κ2) is 13.9. The Hall–Kier alpha value is -3.09. The second-order valence-corrected chi connectivity index (χ2v) is 17.7. The van der Waals surface area contributed by atoms with Gasteiger partial charge in [0.2, 0.25) is 11.8 Å². The summed E-state index contributed by atoms with van der Waals surface area (Å²) in [5, 5.41) is 24.7. The number of aliphatic hydroxyl groups is 2. The zero-order chi connectivity index (χ0) is 37.3. The summed E-state index contributed by atoms with van der Waals surface area (Å²) in [5.74, 6) is -0.759. The molecule has 0 bridgehead atoms. The fourth-order valence-corrected chi connectivity index (χ4v) is 9.88. The zero-order valence-electron chi connectivity index (χ0n) is 31.5. The van der Waals surface area contributed by atoms with Crippen molar-refractivity contribution >= 4 is 23.9 Å². The minimum atomic E-state index is -1.24. The molecule has 53 heavy (non-hydrogen) atoms. The molecular weight excluding hydrogens is 676 g/mol. The number of epoxide rings is 1. The molecule has 1 aromatic carbocycles. The van der Waals surface area contributed by atoms with E-state index in [0.29, 0.717) is 34.5 Å². The fraction of sp³-hybridized carbons (Fsp3) is 0.690. The quantitative estimate of drug-likeness (QED) is 0.189. The highest BCUT2D eigenvalue weighted by Gasteiger charge is 2.64. The Morgan fingerprint density at radius 3 is 2.47 bits per heavy atom. The van der Waals surface area contributed by atoms with E-state index in [1.54, 1.807) is 12.1 Å². The van der Waals surface area contributed by atoms with Gasteiger partial charge in [-0.05, 0) is 113 Å². The first-order chi connectivity index (χ1) is 25.3. The van der Waals surface area contributed by atoms with Crippen LogP contribution in [0.5, 0.6) is 0 Å². The lowest BCUT2D eigenvalue weighted by molar-refractivity contribution is -0.209. The van der Waals surface area contributed by atoms with Crippen molar-refractivity contribution in [2.75, 3.05) is 13.2 Å². The molecule has 7 aliphatic rings. The number of carbonyl (C=O) groups is 3. The van der Waals surface area contributed by atoms with Gasteiger partial charge in [0, 0.05) is 30.4 Å². The van der Waals surface area contributed by atoms with Gasteiger partial charge in [-0.1, -0.05) is 37.6 Å². The summed E-state index contributed by atoms with van der Waals surface area (Å²) in [4.78, 5) is 40.4. The number of amides is 2. The normalized spacial score (nSPS) is 35.7. The topological polar surface area (TPSA) is 156 Å². The average molecular weight is 733 g/mol. The van der Waals surface area contributed by atoms with E-state index in [4.69, 9.17) is 24.1 Å². The molecule has 0 aromatic heterocycles. The maximum absolute atomic E-state index is 14.0. The van der Waals surface area contributed by atoms with Crippen LogP contribution in [0.4, 0.5) is 0 Å². The molecule has 8 rings (SSSR count). The molecule has 9 atom stereocenters. The number of ether oxygens (including phenoxy) is 4. The van der Waals surface area contributed by atoms with E-state index in [2.05, 4.69) is 37.5 Å². The van der Waals surface area contributed by atoms with Crippen molar-refractivity contribution in [3.63, 3.8) is 0 Å². The molecule has 4 N–H and O–H groups in total. The Morgan fingerprint density at radius 1 is 1.04 bits per heavy atom. The molecular formula is C42H56N2O9. The summed E-state index contributed by atoms with van der Waals surface area (Å²) in [7, 11) is 0. The van der Waals surface area contributed by atoms with Gasteiger partial charge in [0.1, 0.15) is 24.4 Å². The lowest BCUT2D eigenvalue weighted by Gasteiger charge is -2.53. The van der Waals surface area contributed by atoms with E-state index >= 15 is 0 Å². The van der Waals surface area contributed by atoms with Gasteiger partial charge in [0.15, 0.2) is 5.79 Å². The number of allylic oxidation sites excluding steroid dienone is 1. The van der Waals surface area contributed by atoms with E-state index < -0.39 is 54.0 Å². The van der Waals surface area contributed by atoms with Crippen molar-refractivity contribution < 1.29 is 43.5 Å². The number of benzene rings is 1. The first-order valence-corrected chi connectivity index (χ1v) is 19.9. The van der Waals surface area contributed by atoms with Crippen LogP contribution >= 0.6 is 0 Å². The number of aliphatic hydroxyl groups excluding tert-OH is 2. The predicted molar refractivity (Wildman–Crippen MR) is 195 cm³/mol. The van der Waals surface area contributed by atoms with Crippen molar-refractivity contribution in [1.29, 1.82) is 0 Å². The van der Waals surface area contributed by atoms with E-state index in [0.717, 1.165) is 63.4 Å². The molecule has 288 valence electrons.